The number of aromatic nitrogens is 2. The Labute approximate surface area is 527 Å². The zero-order chi connectivity index (χ0) is 66.8. The maximum atomic E-state index is 13.8. The van der Waals surface area contributed by atoms with Crippen LogP contribution in [0.3, 0.4) is 0 Å². The van der Waals surface area contributed by atoms with Crippen molar-refractivity contribution in [1.82, 2.24) is 66.8 Å². The molecule has 1 aliphatic heterocycles. The van der Waals surface area contributed by atoms with Gasteiger partial charge < -0.3 is 107 Å². The highest BCUT2D eigenvalue weighted by Gasteiger charge is 2.33. The molecule has 3 aromatic rings. The number of carbonyl (C=O) groups excluding carboxylic acids is 9. The van der Waals surface area contributed by atoms with Gasteiger partial charge in [0.25, 0.3) is 0 Å². The van der Waals surface area contributed by atoms with E-state index in [1.807, 2.05) is 12.1 Å². The lowest BCUT2D eigenvalue weighted by atomic mass is 10.0. The van der Waals surface area contributed by atoms with E-state index in [-0.39, 0.29) is 83.6 Å². The van der Waals surface area contributed by atoms with Gasteiger partial charge in [0.05, 0.1) is 63.7 Å². The van der Waals surface area contributed by atoms with Gasteiger partial charge in [-0.05, 0) is 42.4 Å². The molecule has 2 aromatic carbocycles. The van der Waals surface area contributed by atoms with E-state index in [0.717, 1.165) is 5.56 Å². The number of nitrogens with zero attached hydrogens (tertiary/aromatic N) is 5. The maximum absolute atomic E-state index is 13.8. The summed E-state index contributed by atoms with van der Waals surface area (Å²) in [5.74, 6) is -13.1. The summed E-state index contributed by atoms with van der Waals surface area (Å²) in [5.41, 5.74) is 2.38. The van der Waals surface area contributed by atoms with E-state index >= 15 is 0 Å². The normalized spacial score (nSPS) is 15.6. The van der Waals surface area contributed by atoms with E-state index in [9.17, 15) is 88.5 Å². The van der Waals surface area contributed by atoms with Crippen LogP contribution < -0.4 is 57.9 Å². The third-order valence-corrected chi connectivity index (χ3v) is 13.9. The fourth-order valence-corrected chi connectivity index (χ4v) is 9.10. The third-order valence-electron chi connectivity index (χ3n) is 13.7. The van der Waals surface area contributed by atoms with E-state index in [1.165, 1.54) is 19.4 Å². The van der Waals surface area contributed by atoms with Crippen molar-refractivity contribution >= 4 is 88.3 Å². The number of imidazole rings is 1. The molecule has 500 valence electrons. The number of rotatable bonds is 37. The summed E-state index contributed by atoms with van der Waals surface area (Å²) in [5, 5.41) is 93.1. The SMILES string of the molecule is C[C@H](NC(=O)[C@H](CC(=O)O)NC(=O)COCCOCCNC(=S)Nc1ccc(CN2CCN(CC(=O)[O-])CCN(CC(=O)[O-])CCN(CC(=O)[O-])CC2)cc1)C(=O)N[C@@H](Cc1cnc[nH]1)C(=O)N[C@@H](CO)C(=O)N[C@@H](Cc1ccccc1)C(=O)N[C@@H](CO)C(=O)O. The summed E-state index contributed by atoms with van der Waals surface area (Å²) in [7, 11) is 0. The fourth-order valence-electron chi connectivity index (χ4n) is 8.88. The minimum Gasteiger partial charge on any atom is -0.549 e. The molecule has 0 aliphatic carbocycles. The van der Waals surface area contributed by atoms with Gasteiger partial charge in [-0.25, -0.2) is 9.78 Å². The Balaban J connectivity index is 1.21. The third kappa shape index (κ3) is 29.6. The first-order valence-electron chi connectivity index (χ1n) is 28.7. The number of amides is 6. The zero-order valence-electron chi connectivity index (χ0n) is 49.8. The van der Waals surface area contributed by atoms with Gasteiger partial charge in [-0.15, -0.1) is 0 Å². The second kappa shape index (κ2) is 40.0. The molecule has 35 heteroatoms. The Kier molecular flexibility index (Phi) is 32.8. The van der Waals surface area contributed by atoms with Crippen LogP contribution in [0.2, 0.25) is 0 Å². The van der Waals surface area contributed by atoms with Gasteiger partial charge >= 0.3 is 11.9 Å². The number of aliphatic carboxylic acids is 5. The number of nitrogens with one attached hydrogen (secondary N) is 9. The van der Waals surface area contributed by atoms with E-state index < -0.39 is 134 Å². The first kappa shape index (κ1) is 74.7. The summed E-state index contributed by atoms with van der Waals surface area (Å²) in [6.45, 7) is 0.490. The number of carbonyl (C=O) groups is 11. The molecule has 0 saturated carbocycles. The first-order chi connectivity index (χ1) is 43.4. The average Bonchev–Trinajstić information content (AvgIpc) is 3.33. The summed E-state index contributed by atoms with van der Waals surface area (Å²) in [6.07, 6.45) is 1.21. The average molecular weight is 1300 g/mol. The van der Waals surface area contributed by atoms with E-state index in [4.69, 9.17) is 21.7 Å². The smallest absolute Gasteiger partial charge is 0.328 e. The standard InChI is InChI=1S/C56H80N14O20S/c1-35(50(82)63-41(24-39-26-57-34-59-39)53(85)65-43(31-71)54(86)64-40(23-36-5-3-2-4-6-36)52(84)66-44(32-72)55(87)88)60-51(83)42(25-46(74)75)62-45(73)33-90-22-21-89-20-11-58-56(91)61-38-9-7-37(8-10-38)27-67-12-14-68(28-47(76)77)16-18-70(30-49(80)81)19-17-69(15-13-67)29-48(78)79/h2-10,26,34-35,40-44,71-72H,11-25,27-33H2,1H3,(H,57,59)(H,60,83)(H,62,73)(H,63,82)(H,64,86)(H,65,85)(H,66,84)(H,74,75)(H,76,77)(H,78,79)(H,80,81)(H,87,88)(H2,58,61,91)/p-3/t35-,40-,41-,42-,43-,44-/m0/s1. The highest BCUT2D eigenvalue weighted by Crippen LogP contribution is 2.13. The largest absolute Gasteiger partial charge is 0.549 e. The van der Waals surface area contributed by atoms with Crippen LogP contribution in [0.25, 0.3) is 0 Å². The monoisotopic (exact) mass is 1300 g/mol. The molecule has 1 aromatic heterocycles. The van der Waals surface area contributed by atoms with Crippen molar-refractivity contribution in [3.63, 3.8) is 0 Å². The topological polar surface area (TPSA) is 494 Å². The number of anilines is 1. The Bertz CT molecular complexity index is 2850. The van der Waals surface area contributed by atoms with Gasteiger partial charge in [0.2, 0.25) is 35.4 Å². The molecule has 1 aliphatic rings. The maximum Gasteiger partial charge on any atom is 0.328 e. The number of aliphatic hydroxyl groups excluding tert-OH is 2. The van der Waals surface area contributed by atoms with Crippen LogP contribution in [-0.2, 0) is 81.6 Å². The van der Waals surface area contributed by atoms with E-state index in [0.29, 0.717) is 49.7 Å². The Hall–Kier alpha value is -8.81. The van der Waals surface area contributed by atoms with E-state index in [2.05, 4.69) is 57.4 Å². The summed E-state index contributed by atoms with van der Waals surface area (Å²) in [6, 6.07) is 5.87. The number of ether oxygens (including phenoxy) is 2. The molecule has 6 amide bonds. The Morgan fingerprint density at radius 2 is 1.08 bits per heavy atom. The van der Waals surface area contributed by atoms with Crippen molar-refractivity contribution in [3.05, 3.63) is 83.9 Å². The zero-order valence-corrected chi connectivity index (χ0v) is 50.7. The van der Waals surface area contributed by atoms with Crippen LogP contribution in [0.5, 0.6) is 0 Å². The van der Waals surface area contributed by atoms with Crippen molar-refractivity contribution in [3.8, 4) is 0 Å². The lowest BCUT2D eigenvalue weighted by Crippen LogP contribution is -2.60. The van der Waals surface area contributed by atoms with E-state index in [1.54, 1.807) is 57.2 Å². The summed E-state index contributed by atoms with van der Waals surface area (Å²) >= 11 is 5.42. The van der Waals surface area contributed by atoms with Crippen LogP contribution in [0.1, 0.15) is 30.2 Å². The highest BCUT2D eigenvalue weighted by atomic mass is 32.1. The molecule has 1 saturated heterocycles. The van der Waals surface area contributed by atoms with Gasteiger partial charge in [0.15, 0.2) is 5.11 Å². The number of H-pyrrole nitrogens is 1. The molecule has 2 heterocycles. The Morgan fingerprint density at radius 3 is 1.59 bits per heavy atom. The molecule has 0 bridgehead atoms. The van der Waals surface area contributed by atoms with Gasteiger partial charge in [0.1, 0.15) is 42.9 Å². The fraction of sp³-hybridized carbons (Fsp3) is 0.518. The number of thiocarbonyl (C=S) groups is 1. The molecule has 0 unspecified atom stereocenters. The van der Waals surface area contributed by atoms with Crippen molar-refractivity contribution in [2.45, 2.75) is 69.0 Å². The van der Waals surface area contributed by atoms with Crippen LogP contribution in [0, 0.1) is 0 Å². The van der Waals surface area contributed by atoms with Crippen LogP contribution >= 0.6 is 12.2 Å². The molecular weight excluding hydrogens is 1220 g/mol. The molecule has 6 atom stereocenters. The quantitative estimate of drug-likeness (QED) is 0.0188. The number of benzene rings is 2. The summed E-state index contributed by atoms with van der Waals surface area (Å²) in [4.78, 5) is 151. The second-order valence-corrected chi connectivity index (χ2v) is 21.2. The predicted molar refractivity (Wildman–Crippen MR) is 316 cm³/mol. The lowest BCUT2D eigenvalue weighted by Gasteiger charge is -2.34. The number of hydrogen-bond donors (Lipinski definition) is 13. The minimum atomic E-state index is -1.75. The molecule has 91 heavy (non-hydrogen) atoms. The van der Waals surface area contributed by atoms with Crippen LogP contribution in [-0.4, -0.2) is 275 Å². The van der Waals surface area contributed by atoms with Crippen molar-refractivity contribution in [2.24, 2.45) is 0 Å². The summed E-state index contributed by atoms with van der Waals surface area (Å²) < 4.78 is 10.9. The minimum absolute atomic E-state index is 0.00997. The van der Waals surface area contributed by atoms with Gasteiger partial charge in [-0.1, -0.05) is 42.5 Å². The van der Waals surface area contributed by atoms with Crippen LogP contribution in [0.15, 0.2) is 67.1 Å². The van der Waals surface area contributed by atoms with Crippen molar-refractivity contribution in [2.75, 3.05) is 123 Å². The first-order valence-corrected chi connectivity index (χ1v) is 29.1. The molecular formula is C56H77N14O20S-3. The Morgan fingerprint density at radius 1 is 0.582 bits per heavy atom. The highest BCUT2D eigenvalue weighted by molar-refractivity contribution is 7.80. The van der Waals surface area contributed by atoms with Gasteiger partial charge in [-0.3, -0.25) is 53.2 Å². The van der Waals surface area contributed by atoms with Crippen molar-refractivity contribution in [1.29, 1.82) is 0 Å². The molecule has 0 radical (unpaired) electrons. The van der Waals surface area contributed by atoms with Gasteiger partial charge in [0, 0.05) is 116 Å². The molecule has 13 N–H and O–H groups in total. The predicted octanol–water partition coefficient (Wildman–Crippen LogP) is -9.34. The molecule has 1 fully saturated rings. The molecule has 34 nitrogen and oxygen atoms in total. The number of carboxylic acids is 5. The van der Waals surface area contributed by atoms with Gasteiger partial charge in [-0.2, -0.15) is 0 Å². The second-order valence-electron chi connectivity index (χ2n) is 20.8. The number of carboxylic acid groups (broad SMARTS) is 5. The number of aliphatic hydroxyl groups is 2. The molecule has 4 rings (SSSR count). The number of hydrogen-bond acceptors (Lipinski definition) is 24. The number of aromatic amines is 1. The lowest BCUT2D eigenvalue weighted by molar-refractivity contribution is -0.308. The van der Waals surface area contributed by atoms with Crippen molar-refractivity contribution < 1.29 is 98.0 Å². The van der Waals surface area contributed by atoms with Crippen LogP contribution in [0.4, 0.5) is 5.69 Å². The molecule has 0 spiro atoms.